The van der Waals surface area contributed by atoms with Gasteiger partial charge in [-0.15, -0.1) is 0 Å². The maximum Gasteiger partial charge on any atom is 0.268 e. The Kier molecular flexibility index (Phi) is 30.3. The van der Waals surface area contributed by atoms with E-state index in [1.165, 1.54) is 89.9 Å². The zero-order valence-electron chi connectivity index (χ0n) is 31.2. The lowest BCUT2D eigenvalue weighted by molar-refractivity contribution is -0.870. The maximum absolute atomic E-state index is 12.7. The van der Waals surface area contributed by atoms with Crippen LogP contribution < -0.4 is 10.2 Å². The van der Waals surface area contributed by atoms with Crippen molar-refractivity contribution in [2.75, 3.05) is 40.9 Å². The number of hydrogen-bond acceptors (Lipinski definition) is 6. The second kappa shape index (κ2) is 31.0. The van der Waals surface area contributed by atoms with Gasteiger partial charge in [-0.05, 0) is 44.9 Å². The molecule has 3 unspecified atom stereocenters. The van der Waals surface area contributed by atoms with Crippen LogP contribution in [-0.2, 0) is 18.4 Å². The molecule has 2 N–H and O–H groups in total. The second-order valence-electron chi connectivity index (χ2n) is 14.3. The highest BCUT2D eigenvalue weighted by molar-refractivity contribution is 7.45. The molecule has 3 atom stereocenters. The Morgan fingerprint density at radius 3 is 1.66 bits per heavy atom. The number of carbonyl (C=O) groups excluding carboxylic acids is 1. The van der Waals surface area contributed by atoms with Crippen molar-refractivity contribution in [1.82, 2.24) is 5.32 Å². The van der Waals surface area contributed by atoms with E-state index in [0.29, 0.717) is 17.4 Å². The van der Waals surface area contributed by atoms with Gasteiger partial charge in [0.15, 0.2) is 0 Å². The normalized spacial score (nSPS) is 15.0. The number of phosphoric acid groups is 1. The van der Waals surface area contributed by atoms with Gasteiger partial charge in [-0.3, -0.25) is 9.36 Å². The van der Waals surface area contributed by atoms with Gasteiger partial charge in [-0.1, -0.05) is 134 Å². The number of quaternary nitrogens is 1. The Labute approximate surface area is 290 Å². The molecule has 0 saturated carbocycles. The first-order valence-corrected chi connectivity index (χ1v) is 20.7. The number of likely N-dealkylation sites (N-methyl/N-ethyl adjacent to an activating group) is 1. The fourth-order valence-corrected chi connectivity index (χ4v) is 5.99. The van der Waals surface area contributed by atoms with E-state index in [-0.39, 0.29) is 19.1 Å². The minimum Gasteiger partial charge on any atom is -0.756 e. The van der Waals surface area contributed by atoms with Gasteiger partial charge in [0.05, 0.1) is 39.9 Å². The van der Waals surface area contributed by atoms with E-state index in [1.54, 1.807) is 6.08 Å². The summed E-state index contributed by atoms with van der Waals surface area (Å²) in [6.07, 6.45) is 33.6. The third-order valence-electron chi connectivity index (χ3n) is 8.41. The Morgan fingerprint density at radius 1 is 0.723 bits per heavy atom. The van der Waals surface area contributed by atoms with Crippen LogP contribution in [0, 0.1) is 0 Å². The van der Waals surface area contributed by atoms with Crippen LogP contribution in [0.4, 0.5) is 0 Å². The van der Waals surface area contributed by atoms with Crippen LogP contribution >= 0.6 is 7.82 Å². The maximum atomic E-state index is 12.7. The average Bonchev–Trinajstić information content (AvgIpc) is 3.01. The van der Waals surface area contributed by atoms with E-state index in [1.807, 2.05) is 27.2 Å². The first-order valence-electron chi connectivity index (χ1n) is 19.2. The highest BCUT2D eigenvalue weighted by Gasteiger charge is 2.23. The number of phosphoric ester groups is 1. The number of aliphatic hydroxyl groups excluding tert-OH is 1. The molecule has 0 spiro atoms. The van der Waals surface area contributed by atoms with E-state index in [9.17, 15) is 19.4 Å². The molecule has 0 fully saturated rings. The topological polar surface area (TPSA) is 108 Å². The molecule has 0 aliphatic rings. The number of rotatable bonds is 34. The van der Waals surface area contributed by atoms with Gasteiger partial charge in [-0.2, -0.15) is 0 Å². The van der Waals surface area contributed by atoms with Gasteiger partial charge >= 0.3 is 0 Å². The molecule has 1 amide bonds. The van der Waals surface area contributed by atoms with Crippen molar-refractivity contribution in [3.8, 4) is 0 Å². The predicted octanol–water partition coefficient (Wildman–Crippen LogP) is 9.16. The van der Waals surface area contributed by atoms with E-state index in [4.69, 9.17) is 9.05 Å². The van der Waals surface area contributed by atoms with Crippen molar-refractivity contribution in [3.05, 3.63) is 24.3 Å². The number of hydrogen-bond donors (Lipinski definition) is 2. The molecule has 0 aromatic carbocycles. The molecule has 9 heteroatoms. The Bertz CT molecular complexity index is 829. The number of nitrogens with one attached hydrogen (secondary N) is 1. The number of allylic oxidation sites excluding steroid dienone is 3. The number of unbranched alkanes of at least 4 members (excludes halogenated alkanes) is 19. The molecule has 0 aliphatic carbocycles. The standard InChI is InChI=1S/C38H75N2O6P/c1-6-8-10-12-14-16-18-19-20-21-22-24-26-28-30-32-38(42)39-36(35-46-47(43,44)45-34-33-40(3,4)5)37(41)31-29-27-25-23-17-15-13-11-9-7-2/h19-20,29,31,36-37,41H,6-18,21-28,30,32-35H2,1-5H3,(H-,39,42,43,44)/b20-19-,31-29+. The van der Waals surface area contributed by atoms with Crippen LogP contribution in [0.5, 0.6) is 0 Å². The molecular weight excluding hydrogens is 611 g/mol. The summed E-state index contributed by atoms with van der Waals surface area (Å²) in [5.41, 5.74) is 0. The van der Waals surface area contributed by atoms with Crippen LogP contribution in [0.3, 0.4) is 0 Å². The first kappa shape index (κ1) is 46.0. The molecule has 0 saturated heterocycles. The highest BCUT2D eigenvalue weighted by atomic mass is 31.2. The Morgan fingerprint density at radius 2 is 1.17 bits per heavy atom. The molecule has 0 rings (SSSR count). The number of carbonyl (C=O) groups is 1. The molecule has 0 radical (unpaired) electrons. The fourth-order valence-electron chi connectivity index (χ4n) is 5.26. The van der Waals surface area contributed by atoms with Crippen molar-refractivity contribution >= 4 is 13.7 Å². The number of amides is 1. The van der Waals surface area contributed by atoms with Crippen LogP contribution in [-0.4, -0.2) is 68.5 Å². The fraction of sp³-hybridized carbons (Fsp3) is 0.868. The van der Waals surface area contributed by atoms with E-state index in [2.05, 4.69) is 31.3 Å². The van der Waals surface area contributed by atoms with Gasteiger partial charge in [0.1, 0.15) is 13.2 Å². The van der Waals surface area contributed by atoms with Crippen molar-refractivity contribution < 1.29 is 32.9 Å². The second-order valence-corrected chi connectivity index (χ2v) is 15.7. The molecule has 0 aliphatic heterocycles. The molecule has 47 heavy (non-hydrogen) atoms. The quantitative estimate of drug-likeness (QED) is 0.0303. The molecule has 8 nitrogen and oxygen atoms in total. The van der Waals surface area contributed by atoms with Gasteiger partial charge in [0, 0.05) is 6.42 Å². The predicted molar refractivity (Wildman–Crippen MR) is 196 cm³/mol. The molecule has 0 bridgehead atoms. The summed E-state index contributed by atoms with van der Waals surface area (Å²) >= 11 is 0. The van der Waals surface area contributed by atoms with Crippen LogP contribution in [0.1, 0.15) is 162 Å². The first-order chi connectivity index (χ1) is 22.5. The summed E-state index contributed by atoms with van der Waals surface area (Å²) in [7, 11) is 1.25. The minimum atomic E-state index is -4.58. The van der Waals surface area contributed by atoms with Gasteiger partial charge in [0.25, 0.3) is 7.82 Å². The summed E-state index contributed by atoms with van der Waals surface area (Å²) in [6.45, 7) is 4.59. The van der Waals surface area contributed by atoms with Gasteiger partial charge in [-0.25, -0.2) is 0 Å². The molecule has 0 aromatic rings. The molecule has 0 heterocycles. The monoisotopic (exact) mass is 687 g/mol. The third-order valence-corrected chi connectivity index (χ3v) is 9.37. The van der Waals surface area contributed by atoms with Crippen molar-refractivity contribution in [2.24, 2.45) is 0 Å². The minimum absolute atomic E-state index is 0.00214. The van der Waals surface area contributed by atoms with E-state index in [0.717, 1.165) is 51.4 Å². The van der Waals surface area contributed by atoms with Crippen molar-refractivity contribution in [3.63, 3.8) is 0 Å². The lowest BCUT2D eigenvalue weighted by atomic mass is 10.1. The van der Waals surface area contributed by atoms with Gasteiger partial charge in [0.2, 0.25) is 5.91 Å². The Balaban J connectivity index is 4.51. The van der Waals surface area contributed by atoms with E-state index >= 15 is 0 Å². The summed E-state index contributed by atoms with van der Waals surface area (Å²) < 4.78 is 23.0. The van der Waals surface area contributed by atoms with E-state index < -0.39 is 20.0 Å². The lowest BCUT2D eigenvalue weighted by Crippen LogP contribution is -2.45. The zero-order valence-corrected chi connectivity index (χ0v) is 32.1. The van der Waals surface area contributed by atoms with Crippen molar-refractivity contribution in [1.29, 1.82) is 0 Å². The SMILES string of the molecule is CCCCCCCC/C=C\CCCCCCCC(=O)NC(COP(=O)([O-])OCC[N+](C)(C)C)C(O)/C=C/CCCCCCCCCC. The summed E-state index contributed by atoms with van der Waals surface area (Å²) in [6, 6.07) is -0.885. The zero-order chi connectivity index (χ0) is 35.1. The smallest absolute Gasteiger partial charge is 0.268 e. The highest BCUT2D eigenvalue weighted by Crippen LogP contribution is 2.38. The third kappa shape index (κ3) is 33.3. The molecule has 0 aromatic heterocycles. The summed E-state index contributed by atoms with van der Waals surface area (Å²) in [4.78, 5) is 25.1. The number of nitrogens with zero attached hydrogens (tertiary/aromatic N) is 1. The van der Waals surface area contributed by atoms with Crippen molar-refractivity contribution in [2.45, 2.75) is 174 Å². The number of aliphatic hydroxyl groups is 1. The average molecular weight is 687 g/mol. The largest absolute Gasteiger partial charge is 0.756 e. The lowest BCUT2D eigenvalue weighted by Gasteiger charge is -2.29. The molecular formula is C38H75N2O6P. The molecule has 278 valence electrons. The summed E-state index contributed by atoms with van der Waals surface area (Å²) in [5, 5.41) is 13.7. The van der Waals surface area contributed by atoms with Gasteiger partial charge < -0.3 is 28.8 Å². The summed E-state index contributed by atoms with van der Waals surface area (Å²) in [5.74, 6) is -0.210. The van der Waals surface area contributed by atoms with Crippen LogP contribution in [0.2, 0.25) is 0 Å². The van der Waals surface area contributed by atoms with Crippen LogP contribution in [0.25, 0.3) is 0 Å². The van der Waals surface area contributed by atoms with Crippen LogP contribution in [0.15, 0.2) is 24.3 Å². The Hall–Kier alpha value is -1.02.